The predicted octanol–water partition coefficient (Wildman–Crippen LogP) is 7.20. The van der Waals surface area contributed by atoms with Gasteiger partial charge in [0.15, 0.2) is 0 Å². The maximum Gasteiger partial charge on any atom is 0.149 e. The summed E-state index contributed by atoms with van der Waals surface area (Å²) in [5.41, 5.74) is 0. The van der Waals surface area contributed by atoms with Crippen molar-refractivity contribution < 1.29 is 14.2 Å². The second kappa shape index (κ2) is 21.1. The molecule has 0 aromatic carbocycles. The highest BCUT2D eigenvalue weighted by atomic mass is 79.9. The van der Waals surface area contributed by atoms with Crippen LogP contribution in [0.1, 0.15) is 90.9 Å². The molecule has 25 heavy (non-hydrogen) atoms. The first kappa shape index (κ1) is 25.8. The molecular formula is C20H40Br2O3. The predicted molar refractivity (Wildman–Crippen MR) is 115 cm³/mol. The zero-order valence-electron chi connectivity index (χ0n) is 16.4. The fourth-order valence-corrected chi connectivity index (χ4v) is 3.57. The fraction of sp³-hybridized carbons (Fsp3) is 1.00. The molecule has 152 valence electrons. The SMILES string of the molecule is CCC(CCCCCCBr)OCOCOC(CC)CCCCCCBr. The van der Waals surface area contributed by atoms with E-state index in [1.54, 1.807) is 0 Å². The Balaban J connectivity index is 3.55. The number of halogens is 2. The van der Waals surface area contributed by atoms with Crippen molar-refractivity contribution in [3.63, 3.8) is 0 Å². The van der Waals surface area contributed by atoms with Gasteiger partial charge in [-0.25, -0.2) is 0 Å². The monoisotopic (exact) mass is 486 g/mol. The molecule has 0 radical (unpaired) electrons. The lowest BCUT2D eigenvalue weighted by molar-refractivity contribution is -0.166. The standard InChI is InChI=1S/C20H40Br2O3/c1-3-19(13-9-5-7-11-15-21)24-17-23-18-25-20(4-2)14-10-6-8-12-16-22/h19-20H,3-18H2,1-2H3. The van der Waals surface area contributed by atoms with Crippen LogP contribution in [0, 0.1) is 0 Å². The molecule has 0 amide bonds. The molecule has 0 heterocycles. The minimum absolute atomic E-state index is 0.320. The Morgan fingerprint density at radius 1 is 0.600 bits per heavy atom. The number of ether oxygens (including phenoxy) is 3. The minimum Gasteiger partial charge on any atom is -0.352 e. The molecule has 0 aliphatic heterocycles. The van der Waals surface area contributed by atoms with Gasteiger partial charge in [-0.3, -0.25) is 0 Å². The summed E-state index contributed by atoms with van der Waals surface area (Å²) in [4.78, 5) is 0. The first-order valence-electron chi connectivity index (χ1n) is 10.2. The molecule has 0 aromatic heterocycles. The number of hydrogen-bond donors (Lipinski definition) is 0. The maximum absolute atomic E-state index is 5.82. The van der Waals surface area contributed by atoms with Crippen LogP contribution in [-0.4, -0.2) is 36.5 Å². The van der Waals surface area contributed by atoms with Crippen LogP contribution in [0.15, 0.2) is 0 Å². The van der Waals surface area contributed by atoms with Gasteiger partial charge in [0.2, 0.25) is 0 Å². The van der Waals surface area contributed by atoms with E-state index >= 15 is 0 Å². The van der Waals surface area contributed by atoms with Gasteiger partial charge in [0.25, 0.3) is 0 Å². The second-order valence-corrected chi connectivity index (χ2v) is 8.20. The normalized spacial score (nSPS) is 13.9. The molecule has 0 spiro atoms. The van der Waals surface area contributed by atoms with Crippen molar-refractivity contribution in [2.24, 2.45) is 0 Å². The van der Waals surface area contributed by atoms with E-state index in [-0.39, 0.29) is 0 Å². The molecule has 3 nitrogen and oxygen atoms in total. The van der Waals surface area contributed by atoms with Crippen LogP contribution in [0.3, 0.4) is 0 Å². The molecule has 5 heteroatoms. The summed E-state index contributed by atoms with van der Waals surface area (Å²) in [5, 5.41) is 2.23. The number of alkyl halides is 2. The topological polar surface area (TPSA) is 27.7 Å². The smallest absolute Gasteiger partial charge is 0.149 e. The van der Waals surface area contributed by atoms with E-state index in [0.717, 1.165) is 36.3 Å². The van der Waals surface area contributed by atoms with Crippen LogP contribution in [0.5, 0.6) is 0 Å². The van der Waals surface area contributed by atoms with Crippen molar-refractivity contribution in [1.82, 2.24) is 0 Å². The van der Waals surface area contributed by atoms with Gasteiger partial charge in [0, 0.05) is 10.7 Å². The third-order valence-corrected chi connectivity index (χ3v) is 5.63. The molecule has 0 N–H and O–H groups in total. The van der Waals surface area contributed by atoms with E-state index in [4.69, 9.17) is 14.2 Å². The van der Waals surface area contributed by atoms with Crippen molar-refractivity contribution in [2.75, 3.05) is 24.2 Å². The molecule has 0 aliphatic rings. The lowest BCUT2D eigenvalue weighted by Gasteiger charge is -2.18. The summed E-state index contributed by atoms with van der Waals surface area (Å²) in [6.07, 6.45) is 15.2. The highest BCUT2D eigenvalue weighted by Gasteiger charge is 2.08. The highest BCUT2D eigenvalue weighted by Crippen LogP contribution is 2.13. The van der Waals surface area contributed by atoms with Gasteiger partial charge in [0.05, 0.1) is 12.2 Å². The maximum atomic E-state index is 5.82. The molecule has 0 aliphatic carbocycles. The lowest BCUT2D eigenvalue weighted by Crippen LogP contribution is -2.18. The van der Waals surface area contributed by atoms with Gasteiger partial charge in [-0.2, -0.15) is 0 Å². The van der Waals surface area contributed by atoms with Crippen molar-refractivity contribution in [1.29, 1.82) is 0 Å². The van der Waals surface area contributed by atoms with Crippen LogP contribution in [-0.2, 0) is 14.2 Å². The van der Waals surface area contributed by atoms with E-state index in [2.05, 4.69) is 45.7 Å². The Morgan fingerprint density at radius 2 is 1.00 bits per heavy atom. The minimum atomic E-state index is 0.320. The first-order valence-corrected chi connectivity index (χ1v) is 12.5. The van der Waals surface area contributed by atoms with Crippen molar-refractivity contribution >= 4 is 31.9 Å². The first-order chi connectivity index (χ1) is 12.3. The van der Waals surface area contributed by atoms with Crippen LogP contribution in [0.4, 0.5) is 0 Å². The molecular weight excluding hydrogens is 448 g/mol. The van der Waals surface area contributed by atoms with Crippen LogP contribution in [0.25, 0.3) is 0 Å². The average molecular weight is 488 g/mol. The van der Waals surface area contributed by atoms with Gasteiger partial charge >= 0.3 is 0 Å². The Bertz CT molecular complexity index is 231. The average Bonchev–Trinajstić information content (AvgIpc) is 2.64. The van der Waals surface area contributed by atoms with Crippen molar-refractivity contribution in [3.8, 4) is 0 Å². The fourth-order valence-electron chi connectivity index (χ4n) is 2.77. The summed E-state index contributed by atoms with van der Waals surface area (Å²) >= 11 is 6.95. The summed E-state index contributed by atoms with van der Waals surface area (Å²) in [5.74, 6) is 0. The van der Waals surface area contributed by atoms with E-state index in [1.165, 1.54) is 51.4 Å². The summed E-state index contributed by atoms with van der Waals surface area (Å²) in [7, 11) is 0. The van der Waals surface area contributed by atoms with Crippen LogP contribution in [0.2, 0.25) is 0 Å². The molecule has 0 aromatic rings. The van der Waals surface area contributed by atoms with E-state index in [9.17, 15) is 0 Å². The van der Waals surface area contributed by atoms with E-state index < -0.39 is 0 Å². The number of hydrogen-bond acceptors (Lipinski definition) is 3. The Hall–Kier alpha value is 0.840. The quantitative estimate of drug-likeness (QED) is 0.103. The molecule has 0 saturated carbocycles. The summed E-state index contributed by atoms with van der Waals surface area (Å²) < 4.78 is 17.2. The molecule has 0 bridgehead atoms. The third kappa shape index (κ3) is 18.0. The molecule has 2 atom stereocenters. The van der Waals surface area contributed by atoms with E-state index in [1.807, 2.05) is 0 Å². The summed E-state index contributed by atoms with van der Waals surface area (Å²) in [6, 6.07) is 0. The zero-order valence-corrected chi connectivity index (χ0v) is 19.6. The molecule has 0 saturated heterocycles. The van der Waals surface area contributed by atoms with Crippen molar-refractivity contribution in [2.45, 2.75) is 103 Å². The Kier molecular flexibility index (Phi) is 21.9. The molecule has 0 fully saturated rings. The van der Waals surface area contributed by atoms with Gasteiger partial charge < -0.3 is 14.2 Å². The molecule has 0 rings (SSSR count). The second-order valence-electron chi connectivity index (χ2n) is 6.62. The Morgan fingerprint density at radius 3 is 1.36 bits per heavy atom. The lowest BCUT2D eigenvalue weighted by atomic mass is 10.1. The largest absolute Gasteiger partial charge is 0.352 e. The highest BCUT2D eigenvalue weighted by molar-refractivity contribution is 9.09. The number of unbranched alkanes of at least 4 members (excludes halogenated alkanes) is 6. The zero-order chi connectivity index (χ0) is 18.6. The van der Waals surface area contributed by atoms with E-state index in [0.29, 0.717) is 25.8 Å². The van der Waals surface area contributed by atoms with Crippen LogP contribution >= 0.6 is 31.9 Å². The van der Waals surface area contributed by atoms with Gasteiger partial charge in [-0.1, -0.05) is 84.2 Å². The number of rotatable bonds is 20. The van der Waals surface area contributed by atoms with Gasteiger partial charge in [-0.15, -0.1) is 0 Å². The Labute approximate surface area is 173 Å². The van der Waals surface area contributed by atoms with Gasteiger partial charge in [-0.05, 0) is 38.5 Å². The third-order valence-electron chi connectivity index (χ3n) is 4.50. The summed E-state index contributed by atoms with van der Waals surface area (Å²) in [6.45, 7) is 5.06. The molecule has 2 unspecified atom stereocenters. The van der Waals surface area contributed by atoms with Crippen LogP contribution < -0.4 is 0 Å². The van der Waals surface area contributed by atoms with Crippen molar-refractivity contribution in [3.05, 3.63) is 0 Å². The van der Waals surface area contributed by atoms with Gasteiger partial charge in [0.1, 0.15) is 13.6 Å².